The fourth-order valence-corrected chi connectivity index (χ4v) is 3.75. The molecule has 0 radical (unpaired) electrons. The molecule has 21 heavy (non-hydrogen) atoms. The van der Waals surface area contributed by atoms with E-state index in [-0.39, 0.29) is 12.1 Å². The van der Waals surface area contributed by atoms with Gasteiger partial charge in [0.25, 0.3) is 0 Å². The molecule has 1 saturated heterocycles. The Morgan fingerprint density at radius 3 is 2.67 bits per heavy atom. The van der Waals surface area contributed by atoms with Crippen molar-refractivity contribution >= 4 is 27.5 Å². The number of halogens is 2. The maximum absolute atomic E-state index is 9.63. The second-order valence-corrected chi connectivity index (χ2v) is 7.30. The van der Waals surface area contributed by atoms with Crippen LogP contribution in [0, 0.1) is 5.92 Å². The topological polar surface area (TPSA) is 49.5 Å². The van der Waals surface area contributed by atoms with Crippen molar-refractivity contribution in [1.29, 1.82) is 0 Å². The molecule has 0 aliphatic carbocycles. The lowest BCUT2D eigenvalue weighted by molar-refractivity contribution is 0.0709. The van der Waals surface area contributed by atoms with Crippen LogP contribution in [0.3, 0.4) is 0 Å². The number of aliphatic hydroxyl groups is 1. The van der Waals surface area contributed by atoms with Crippen LogP contribution in [0.1, 0.15) is 37.8 Å². The number of piperidine rings is 1. The van der Waals surface area contributed by atoms with Gasteiger partial charge in [0.05, 0.1) is 6.10 Å². The summed E-state index contributed by atoms with van der Waals surface area (Å²) in [4.78, 5) is 2.44. The number of nitrogens with two attached hydrogens (primary N) is 1. The highest BCUT2D eigenvalue weighted by Crippen LogP contribution is 2.27. The molecule has 0 spiro atoms. The molecular formula is C16H24BrClN2O. The van der Waals surface area contributed by atoms with E-state index in [0.717, 1.165) is 54.0 Å². The minimum Gasteiger partial charge on any atom is -0.393 e. The molecule has 0 bridgehead atoms. The number of hydrogen-bond donors (Lipinski definition) is 2. The molecule has 118 valence electrons. The van der Waals surface area contributed by atoms with E-state index < -0.39 is 0 Å². The Morgan fingerprint density at radius 2 is 2.10 bits per heavy atom. The van der Waals surface area contributed by atoms with Crippen molar-refractivity contribution in [3.63, 3.8) is 0 Å². The summed E-state index contributed by atoms with van der Waals surface area (Å²) >= 11 is 9.66. The third kappa shape index (κ3) is 4.93. The van der Waals surface area contributed by atoms with Crippen LogP contribution in [0.4, 0.5) is 0 Å². The van der Waals surface area contributed by atoms with Gasteiger partial charge in [0.2, 0.25) is 0 Å². The van der Waals surface area contributed by atoms with Gasteiger partial charge in [0.1, 0.15) is 0 Å². The molecule has 2 rings (SSSR count). The van der Waals surface area contributed by atoms with E-state index in [4.69, 9.17) is 17.3 Å². The monoisotopic (exact) mass is 374 g/mol. The largest absolute Gasteiger partial charge is 0.393 e. The van der Waals surface area contributed by atoms with E-state index in [9.17, 15) is 5.11 Å². The molecule has 1 aliphatic rings. The quantitative estimate of drug-likeness (QED) is 0.827. The van der Waals surface area contributed by atoms with Gasteiger partial charge in [-0.05, 0) is 69.4 Å². The number of likely N-dealkylation sites (tertiary alicyclic amines) is 1. The summed E-state index contributed by atoms with van der Waals surface area (Å²) < 4.78 is 0.976. The number of nitrogens with zero attached hydrogens (tertiary/aromatic N) is 1. The van der Waals surface area contributed by atoms with Gasteiger partial charge in [0, 0.05) is 15.5 Å². The van der Waals surface area contributed by atoms with Gasteiger partial charge in [-0.25, -0.2) is 0 Å². The van der Waals surface area contributed by atoms with Gasteiger partial charge in [-0.15, -0.1) is 0 Å². The zero-order chi connectivity index (χ0) is 15.4. The van der Waals surface area contributed by atoms with Gasteiger partial charge in [-0.3, -0.25) is 0 Å². The molecule has 3 N–H and O–H groups in total. The Labute approximate surface area is 140 Å². The maximum atomic E-state index is 9.63. The van der Waals surface area contributed by atoms with Crippen molar-refractivity contribution in [3.8, 4) is 0 Å². The first-order chi connectivity index (χ1) is 9.97. The van der Waals surface area contributed by atoms with E-state index in [0.29, 0.717) is 5.92 Å². The first-order valence-electron chi connectivity index (χ1n) is 7.58. The van der Waals surface area contributed by atoms with Crippen molar-refractivity contribution in [3.05, 3.63) is 33.3 Å². The molecular weight excluding hydrogens is 352 g/mol. The van der Waals surface area contributed by atoms with Crippen LogP contribution in [0.2, 0.25) is 5.02 Å². The predicted octanol–water partition coefficient (Wildman–Crippen LogP) is 3.59. The average molecular weight is 376 g/mol. The van der Waals surface area contributed by atoms with E-state index in [1.165, 1.54) is 0 Å². The standard InChI is InChI=1S/C16H24BrClN2O/c1-11(21)12-4-7-20(8-5-12)9-6-16(19)14-3-2-13(17)10-15(14)18/h2-3,10-12,16,21H,4-9,19H2,1H3. The Bertz CT molecular complexity index is 462. The third-order valence-electron chi connectivity index (χ3n) is 4.43. The van der Waals surface area contributed by atoms with Gasteiger partial charge in [0.15, 0.2) is 0 Å². The molecule has 1 aromatic carbocycles. The smallest absolute Gasteiger partial charge is 0.0541 e. The van der Waals surface area contributed by atoms with Crippen LogP contribution in [-0.4, -0.2) is 35.7 Å². The van der Waals surface area contributed by atoms with E-state index >= 15 is 0 Å². The molecule has 0 aromatic heterocycles. The lowest BCUT2D eigenvalue weighted by Crippen LogP contribution is -2.38. The molecule has 2 unspecified atom stereocenters. The van der Waals surface area contributed by atoms with Crippen molar-refractivity contribution < 1.29 is 5.11 Å². The summed E-state index contributed by atoms with van der Waals surface area (Å²) in [5.41, 5.74) is 7.28. The van der Waals surface area contributed by atoms with Crippen molar-refractivity contribution in [2.45, 2.75) is 38.3 Å². The second kappa shape index (κ2) is 7.93. The SMILES string of the molecule is CC(O)C1CCN(CCC(N)c2ccc(Br)cc2Cl)CC1. The van der Waals surface area contributed by atoms with Crippen molar-refractivity contribution in [2.75, 3.05) is 19.6 Å². The van der Waals surface area contributed by atoms with E-state index in [2.05, 4.69) is 20.8 Å². The van der Waals surface area contributed by atoms with Gasteiger partial charge < -0.3 is 15.7 Å². The first kappa shape index (κ1) is 17.2. The van der Waals surface area contributed by atoms with Gasteiger partial charge in [-0.2, -0.15) is 0 Å². The normalized spacial score (nSPS) is 20.4. The zero-order valence-corrected chi connectivity index (χ0v) is 14.8. The van der Waals surface area contributed by atoms with E-state index in [1.54, 1.807) is 0 Å². The van der Waals surface area contributed by atoms with E-state index in [1.807, 2.05) is 25.1 Å². The molecule has 5 heteroatoms. The zero-order valence-electron chi connectivity index (χ0n) is 12.4. The van der Waals surface area contributed by atoms with Crippen LogP contribution in [0.5, 0.6) is 0 Å². The minimum absolute atomic E-state index is 0.0277. The number of benzene rings is 1. The highest BCUT2D eigenvalue weighted by atomic mass is 79.9. The summed E-state index contributed by atoms with van der Waals surface area (Å²) in [6.07, 6.45) is 2.87. The van der Waals surface area contributed by atoms with Crippen LogP contribution in [0.15, 0.2) is 22.7 Å². The highest BCUT2D eigenvalue weighted by Gasteiger charge is 2.23. The molecule has 0 amide bonds. The lowest BCUT2D eigenvalue weighted by atomic mass is 9.92. The summed E-state index contributed by atoms with van der Waals surface area (Å²) in [7, 11) is 0. The number of hydrogen-bond acceptors (Lipinski definition) is 3. The van der Waals surface area contributed by atoms with Crippen molar-refractivity contribution in [2.24, 2.45) is 11.7 Å². The minimum atomic E-state index is -0.184. The fourth-order valence-electron chi connectivity index (χ4n) is 2.94. The van der Waals surface area contributed by atoms with Crippen LogP contribution in [-0.2, 0) is 0 Å². The highest BCUT2D eigenvalue weighted by molar-refractivity contribution is 9.10. The van der Waals surface area contributed by atoms with Crippen LogP contribution < -0.4 is 5.73 Å². The molecule has 1 aliphatic heterocycles. The average Bonchev–Trinajstić information content (AvgIpc) is 2.45. The van der Waals surface area contributed by atoms with Crippen LogP contribution >= 0.6 is 27.5 Å². The lowest BCUT2D eigenvalue weighted by Gasteiger charge is -2.33. The van der Waals surface area contributed by atoms with Gasteiger partial charge >= 0.3 is 0 Å². The summed E-state index contributed by atoms with van der Waals surface area (Å²) in [6, 6.07) is 5.84. The number of aliphatic hydroxyl groups excluding tert-OH is 1. The van der Waals surface area contributed by atoms with Crippen LogP contribution in [0.25, 0.3) is 0 Å². The molecule has 0 saturated carbocycles. The molecule has 1 aromatic rings. The Hall–Kier alpha value is -0.130. The Kier molecular flexibility index (Phi) is 6.51. The predicted molar refractivity (Wildman–Crippen MR) is 91.5 cm³/mol. The maximum Gasteiger partial charge on any atom is 0.0541 e. The third-order valence-corrected chi connectivity index (χ3v) is 5.25. The molecule has 1 heterocycles. The number of rotatable bonds is 5. The molecule has 1 fully saturated rings. The molecule has 2 atom stereocenters. The van der Waals surface area contributed by atoms with Gasteiger partial charge in [-0.1, -0.05) is 33.6 Å². The Morgan fingerprint density at radius 1 is 1.43 bits per heavy atom. The first-order valence-corrected chi connectivity index (χ1v) is 8.75. The fraction of sp³-hybridized carbons (Fsp3) is 0.625. The second-order valence-electron chi connectivity index (χ2n) is 5.98. The Balaban J connectivity index is 1.81. The summed E-state index contributed by atoms with van der Waals surface area (Å²) in [5, 5.41) is 10.4. The van der Waals surface area contributed by atoms with Crippen molar-refractivity contribution in [1.82, 2.24) is 4.90 Å². The molecule has 3 nitrogen and oxygen atoms in total. The summed E-state index contributed by atoms with van der Waals surface area (Å²) in [6.45, 7) is 4.98. The summed E-state index contributed by atoms with van der Waals surface area (Å²) in [5.74, 6) is 0.454.